The van der Waals surface area contributed by atoms with Crippen molar-refractivity contribution in [3.63, 3.8) is 0 Å². The molecule has 0 bridgehead atoms. The van der Waals surface area contributed by atoms with Crippen LogP contribution in [0.15, 0.2) is 285 Å². The summed E-state index contributed by atoms with van der Waals surface area (Å²) >= 11 is 0. The van der Waals surface area contributed by atoms with Crippen molar-refractivity contribution < 1.29 is 0 Å². The second kappa shape index (κ2) is 16.8. The third kappa shape index (κ3) is 6.23. The lowest BCUT2D eigenvalue weighted by atomic mass is 9.70. The molecule has 0 heterocycles. The first-order valence-electron chi connectivity index (χ1n) is 25.7. The quantitative estimate of drug-likeness (QED) is 0.144. The lowest BCUT2D eigenvalue weighted by Crippen LogP contribution is -2.26. The molecule has 1 heteroatoms. The zero-order valence-electron chi connectivity index (χ0n) is 40.6. The van der Waals surface area contributed by atoms with Crippen LogP contribution >= 0.6 is 0 Å². The minimum absolute atomic E-state index is 0.498. The molecule has 0 aromatic heterocycles. The zero-order valence-corrected chi connectivity index (χ0v) is 40.6. The molecule has 1 spiro atoms. The first kappa shape index (κ1) is 42.2. The maximum Gasteiger partial charge on any atom is 0.0726 e. The molecular weight excluding hydrogens is 891 g/mol. The normalized spacial score (nSPS) is 12.7. The van der Waals surface area contributed by atoms with Crippen LogP contribution in [0.2, 0.25) is 0 Å². The molecule has 0 fully saturated rings. The Labute approximate surface area is 431 Å². The van der Waals surface area contributed by atoms with E-state index >= 15 is 0 Å². The highest BCUT2D eigenvalue weighted by Crippen LogP contribution is 2.64. The smallest absolute Gasteiger partial charge is 0.0726 e. The van der Waals surface area contributed by atoms with Gasteiger partial charge in [-0.05, 0) is 135 Å². The van der Waals surface area contributed by atoms with Crippen LogP contribution in [-0.4, -0.2) is 0 Å². The van der Waals surface area contributed by atoms with Crippen molar-refractivity contribution in [2.45, 2.75) is 5.41 Å². The lowest BCUT2D eigenvalue weighted by molar-refractivity contribution is 0.793. The highest BCUT2D eigenvalue weighted by atomic mass is 15.1. The zero-order chi connectivity index (χ0) is 48.7. The van der Waals surface area contributed by atoms with Gasteiger partial charge in [-0.2, -0.15) is 0 Å². The van der Waals surface area contributed by atoms with Gasteiger partial charge in [0.2, 0.25) is 0 Å². The molecule has 0 saturated carbocycles. The van der Waals surface area contributed by atoms with Crippen LogP contribution in [-0.2, 0) is 5.41 Å². The summed E-state index contributed by atoms with van der Waals surface area (Å²) in [5.41, 5.74) is 23.0. The average Bonchev–Trinajstić information content (AvgIpc) is 4.07. The van der Waals surface area contributed by atoms with Gasteiger partial charge >= 0.3 is 0 Å². The SMILES string of the molecule is c1ccc(-c2ccccc2-c2ccc(-c3ccc(N(c4ccc5c(c4)C4(c6ccccc6-c6ccccc64)c4ccccc4-5)c4c(-c5cccc6ccccc56)c5ccccc5c5ccccc45)cc3)cc2)cc1. The van der Waals surface area contributed by atoms with Crippen molar-refractivity contribution in [1.82, 2.24) is 0 Å². The molecule has 2 aliphatic rings. The van der Waals surface area contributed by atoms with Crippen LogP contribution in [0.25, 0.3) is 99.1 Å². The Kier molecular flexibility index (Phi) is 9.55. The van der Waals surface area contributed by atoms with Crippen molar-refractivity contribution in [2.75, 3.05) is 4.90 Å². The maximum atomic E-state index is 2.57. The highest BCUT2D eigenvalue weighted by molar-refractivity contribution is 6.24. The van der Waals surface area contributed by atoms with E-state index in [1.807, 2.05) is 0 Å². The van der Waals surface area contributed by atoms with E-state index < -0.39 is 5.41 Å². The van der Waals surface area contributed by atoms with Gasteiger partial charge < -0.3 is 4.90 Å². The number of nitrogens with zero attached hydrogens (tertiary/aromatic N) is 1. The van der Waals surface area contributed by atoms with Gasteiger partial charge in [-0.3, -0.25) is 0 Å². The molecule has 13 aromatic carbocycles. The van der Waals surface area contributed by atoms with Crippen molar-refractivity contribution >= 4 is 49.4 Å². The third-order valence-corrected chi connectivity index (χ3v) is 16.1. The monoisotopic (exact) mass is 937 g/mol. The molecule has 74 heavy (non-hydrogen) atoms. The first-order valence-corrected chi connectivity index (χ1v) is 25.7. The number of rotatable bonds is 7. The van der Waals surface area contributed by atoms with E-state index in [4.69, 9.17) is 0 Å². The summed E-state index contributed by atoms with van der Waals surface area (Å²) in [6, 6.07) is 106. The van der Waals surface area contributed by atoms with Crippen molar-refractivity contribution in [3.05, 3.63) is 307 Å². The van der Waals surface area contributed by atoms with E-state index in [0.717, 1.165) is 22.6 Å². The van der Waals surface area contributed by atoms with Gasteiger partial charge in [-0.15, -0.1) is 0 Å². The minimum atomic E-state index is -0.498. The largest absolute Gasteiger partial charge is 0.309 e. The fraction of sp³-hybridized carbons (Fsp3) is 0.0137. The molecule has 0 amide bonds. The molecule has 0 aliphatic heterocycles. The summed E-state index contributed by atoms with van der Waals surface area (Å²) in [6.45, 7) is 0. The van der Waals surface area contributed by atoms with Crippen LogP contribution < -0.4 is 4.90 Å². The van der Waals surface area contributed by atoms with Crippen molar-refractivity contribution in [3.8, 4) is 66.8 Å². The molecule has 0 radical (unpaired) electrons. The van der Waals surface area contributed by atoms with Gasteiger partial charge in [-0.25, -0.2) is 0 Å². The van der Waals surface area contributed by atoms with Crippen molar-refractivity contribution in [1.29, 1.82) is 0 Å². The summed E-state index contributed by atoms with van der Waals surface area (Å²) in [5, 5.41) is 7.32. The van der Waals surface area contributed by atoms with E-state index in [2.05, 4.69) is 290 Å². The van der Waals surface area contributed by atoms with Gasteiger partial charge in [0.15, 0.2) is 0 Å². The van der Waals surface area contributed by atoms with E-state index in [1.54, 1.807) is 0 Å². The molecule has 0 saturated heterocycles. The summed E-state index contributed by atoms with van der Waals surface area (Å²) in [6.07, 6.45) is 0. The number of hydrogen-bond donors (Lipinski definition) is 0. The molecular formula is C73H47N. The van der Waals surface area contributed by atoms with Gasteiger partial charge in [-0.1, -0.05) is 261 Å². The predicted molar refractivity (Wildman–Crippen MR) is 312 cm³/mol. The van der Waals surface area contributed by atoms with Gasteiger partial charge in [0.25, 0.3) is 0 Å². The average molecular weight is 938 g/mol. The van der Waals surface area contributed by atoms with Gasteiger partial charge in [0.05, 0.1) is 11.1 Å². The van der Waals surface area contributed by atoms with Crippen LogP contribution in [0.5, 0.6) is 0 Å². The van der Waals surface area contributed by atoms with Crippen LogP contribution in [0.4, 0.5) is 17.1 Å². The highest BCUT2D eigenvalue weighted by Gasteiger charge is 2.51. The second-order valence-electron chi connectivity index (χ2n) is 19.8. The second-order valence-corrected chi connectivity index (χ2v) is 19.8. The minimum Gasteiger partial charge on any atom is -0.309 e. The molecule has 13 aromatic rings. The number of benzene rings is 13. The standard InChI is InChI=1S/C73H47N/c1-2-19-50(20-3-1)55-23-6-7-24-56(55)52-39-37-48(38-40-52)49-41-43-53(44-42-49)74(72-66-32-11-9-27-59(66)58-26-8-10-31-65(58)71(72)64-33-18-22-51-21-4-5-25-57(51)64)54-45-46-63-62-30-14-17-36-69(62)73(70(63)47-54)67-34-15-12-28-60(67)61-29-13-16-35-68(61)73/h1-47H. The maximum absolute atomic E-state index is 2.57. The Morgan fingerprint density at radius 2 is 0.635 bits per heavy atom. The molecule has 15 rings (SSSR count). The molecule has 0 unspecified atom stereocenters. The summed E-state index contributed by atoms with van der Waals surface area (Å²) in [5.74, 6) is 0. The number of fused-ring (bicyclic) bond motifs is 14. The van der Waals surface area contributed by atoms with E-state index in [0.29, 0.717) is 0 Å². The Morgan fingerprint density at radius 3 is 1.26 bits per heavy atom. The molecule has 0 atom stereocenters. The summed E-state index contributed by atoms with van der Waals surface area (Å²) < 4.78 is 0. The Balaban J connectivity index is 0.976. The molecule has 2 aliphatic carbocycles. The number of hydrogen-bond acceptors (Lipinski definition) is 1. The first-order chi connectivity index (χ1) is 36.7. The molecule has 344 valence electrons. The Hall–Kier alpha value is -9.56. The van der Waals surface area contributed by atoms with E-state index in [-0.39, 0.29) is 0 Å². The predicted octanol–water partition coefficient (Wildman–Crippen LogP) is 19.6. The van der Waals surface area contributed by atoms with Crippen LogP contribution in [0.1, 0.15) is 22.3 Å². The van der Waals surface area contributed by atoms with Crippen LogP contribution in [0.3, 0.4) is 0 Å². The van der Waals surface area contributed by atoms with Gasteiger partial charge in [0, 0.05) is 22.3 Å². The Bertz CT molecular complexity index is 4290. The van der Waals surface area contributed by atoms with E-state index in [1.165, 1.54) is 116 Å². The van der Waals surface area contributed by atoms with E-state index in [9.17, 15) is 0 Å². The molecule has 0 N–H and O–H groups in total. The Morgan fingerprint density at radius 1 is 0.230 bits per heavy atom. The summed E-state index contributed by atoms with van der Waals surface area (Å²) in [4.78, 5) is 2.57. The topological polar surface area (TPSA) is 3.24 Å². The fourth-order valence-corrected chi connectivity index (χ4v) is 12.9. The fourth-order valence-electron chi connectivity index (χ4n) is 12.9. The number of anilines is 3. The van der Waals surface area contributed by atoms with Crippen molar-refractivity contribution in [2.24, 2.45) is 0 Å². The van der Waals surface area contributed by atoms with Gasteiger partial charge in [0.1, 0.15) is 0 Å². The summed E-state index contributed by atoms with van der Waals surface area (Å²) in [7, 11) is 0. The molecule has 1 nitrogen and oxygen atoms in total. The third-order valence-electron chi connectivity index (χ3n) is 16.1. The van der Waals surface area contributed by atoms with Crippen LogP contribution in [0, 0.1) is 0 Å². The lowest BCUT2D eigenvalue weighted by Gasteiger charge is -2.34.